The molecule has 3 aromatic rings. The Balaban J connectivity index is 1.77. The van der Waals surface area contributed by atoms with Crippen LogP contribution in [0.1, 0.15) is 41.4 Å². The first-order valence-corrected chi connectivity index (χ1v) is 12.5. The van der Waals surface area contributed by atoms with Crippen LogP contribution < -0.4 is 11.2 Å². The molecule has 13 heteroatoms. The lowest BCUT2D eigenvalue weighted by atomic mass is 9.98. The van der Waals surface area contributed by atoms with Gasteiger partial charge in [0.2, 0.25) is 5.69 Å². The summed E-state index contributed by atoms with van der Waals surface area (Å²) in [4.78, 5) is 53.8. The monoisotopic (exact) mass is 564 g/mol. The van der Waals surface area contributed by atoms with Crippen LogP contribution in [0.3, 0.4) is 0 Å². The van der Waals surface area contributed by atoms with E-state index < -0.39 is 53.0 Å². The van der Waals surface area contributed by atoms with Gasteiger partial charge in [0.15, 0.2) is 0 Å². The molecule has 1 saturated heterocycles. The number of benzene rings is 2. The highest BCUT2D eigenvalue weighted by Gasteiger charge is 2.33. The smallest absolute Gasteiger partial charge is 0.416 e. The number of carbonyl (C=O) groups excluding carboxylic acids is 2. The topological polar surface area (TPSA) is 104 Å². The van der Waals surface area contributed by atoms with Crippen LogP contribution in [0.2, 0.25) is 5.02 Å². The van der Waals surface area contributed by atoms with Crippen LogP contribution in [0.5, 0.6) is 0 Å². The van der Waals surface area contributed by atoms with Crippen molar-refractivity contribution in [3.05, 3.63) is 91.2 Å². The molecule has 1 aromatic heterocycles. The van der Waals surface area contributed by atoms with Gasteiger partial charge in [0, 0.05) is 18.1 Å². The maximum atomic E-state index is 13.5. The fourth-order valence-corrected chi connectivity index (χ4v) is 4.41. The van der Waals surface area contributed by atoms with Crippen molar-refractivity contribution >= 4 is 23.5 Å². The molecule has 0 bridgehead atoms. The molecule has 0 unspecified atom stereocenters. The molecule has 1 amide bonds. The molecule has 2 heterocycles. The zero-order valence-electron chi connectivity index (χ0n) is 20.8. The Morgan fingerprint density at radius 2 is 1.74 bits per heavy atom. The first-order chi connectivity index (χ1) is 18.5. The van der Waals surface area contributed by atoms with Gasteiger partial charge in [-0.25, -0.2) is 4.79 Å². The zero-order valence-corrected chi connectivity index (χ0v) is 21.5. The Labute approximate surface area is 225 Å². The van der Waals surface area contributed by atoms with E-state index in [2.05, 4.69) is 5.10 Å². The van der Waals surface area contributed by atoms with Crippen LogP contribution >= 0.6 is 11.6 Å². The van der Waals surface area contributed by atoms with E-state index in [-0.39, 0.29) is 30.9 Å². The molecule has 206 valence electrons. The number of rotatable bonds is 6. The first-order valence-electron chi connectivity index (χ1n) is 12.1. The molecule has 2 aromatic carbocycles. The maximum Gasteiger partial charge on any atom is 0.416 e. The Hall–Kier alpha value is -3.93. The number of ether oxygens (including phenoxy) is 1. The summed E-state index contributed by atoms with van der Waals surface area (Å²) in [6.07, 6.45) is -3.55. The first kappa shape index (κ1) is 28.1. The molecule has 9 nitrogen and oxygen atoms in total. The van der Waals surface area contributed by atoms with Crippen molar-refractivity contribution in [2.45, 2.75) is 32.5 Å². The van der Waals surface area contributed by atoms with E-state index in [1.165, 1.54) is 29.2 Å². The van der Waals surface area contributed by atoms with Gasteiger partial charge in [-0.1, -0.05) is 23.7 Å². The average Bonchev–Trinajstić information content (AvgIpc) is 2.91. The zero-order chi connectivity index (χ0) is 28.3. The summed E-state index contributed by atoms with van der Waals surface area (Å²) >= 11 is 5.95. The minimum absolute atomic E-state index is 0.0117. The van der Waals surface area contributed by atoms with Gasteiger partial charge in [-0.05, 0) is 61.7 Å². The van der Waals surface area contributed by atoms with Crippen LogP contribution in [0.4, 0.5) is 13.2 Å². The van der Waals surface area contributed by atoms with E-state index in [1.54, 1.807) is 6.92 Å². The van der Waals surface area contributed by atoms with Gasteiger partial charge >= 0.3 is 17.8 Å². The molecule has 1 aliphatic rings. The molecule has 0 spiro atoms. The fraction of sp³-hybridized carbons (Fsp3) is 0.346. The molecule has 1 atom stereocenters. The highest BCUT2D eigenvalue weighted by atomic mass is 35.5. The molecule has 39 heavy (non-hydrogen) atoms. The van der Waals surface area contributed by atoms with E-state index >= 15 is 0 Å². The highest BCUT2D eigenvalue weighted by molar-refractivity contribution is 6.30. The average molecular weight is 565 g/mol. The Morgan fingerprint density at radius 3 is 2.36 bits per heavy atom. The summed E-state index contributed by atoms with van der Waals surface area (Å²) in [5, 5.41) is 4.45. The molecule has 0 radical (unpaired) electrons. The van der Waals surface area contributed by atoms with E-state index in [4.69, 9.17) is 16.3 Å². The predicted molar refractivity (Wildman–Crippen MR) is 135 cm³/mol. The van der Waals surface area contributed by atoms with Crippen molar-refractivity contribution in [2.75, 3.05) is 19.7 Å². The number of aromatic nitrogens is 3. The number of carbonyl (C=O) groups is 2. The summed E-state index contributed by atoms with van der Waals surface area (Å²) in [6.45, 7) is 1.72. The Bertz CT molecular complexity index is 1480. The molecule has 0 aliphatic carbocycles. The molecular weight excluding hydrogens is 541 g/mol. The number of alkyl halides is 3. The molecule has 1 fully saturated rings. The van der Waals surface area contributed by atoms with Crippen molar-refractivity contribution < 1.29 is 27.5 Å². The normalized spacial score (nSPS) is 15.7. The second-order valence-corrected chi connectivity index (χ2v) is 9.38. The lowest BCUT2D eigenvalue weighted by molar-refractivity contribution is -0.149. The second-order valence-electron chi connectivity index (χ2n) is 8.95. The number of esters is 1. The van der Waals surface area contributed by atoms with Crippen LogP contribution in [-0.2, 0) is 22.3 Å². The third kappa shape index (κ3) is 6.22. The SMILES string of the molecule is CCOC(=O)[C@@H]1CCCN(C(=O)c2nn(-c3ccc(Cl)cc3)c(=O)n(Cc3ccc(C(F)(F)F)cc3)c2=O)C1. The van der Waals surface area contributed by atoms with E-state index in [0.29, 0.717) is 17.9 Å². The fourth-order valence-electron chi connectivity index (χ4n) is 4.28. The van der Waals surface area contributed by atoms with Crippen molar-refractivity contribution in [3.8, 4) is 5.69 Å². The van der Waals surface area contributed by atoms with E-state index in [0.717, 1.165) is 33.5 Å². The van der Waals surface area contributed by atoms with Crippen molar-refractivity contribution in [3.63, 3.8) is 0 Å². The Morgan fingerprint density at radius 1 is 1.08 bits per heavy atom. The van der Waals surface area contributed by atoms with Gasteiger partial charge in [-0.3, -0.25) is 19.0 Å². The molecule has 4 rings (SSSR count). The third-order valence-corrected chi connectivity index (χ3v) is 6.54. The minimum Gasteiger partial charge on any atom is -0.466 e. The largest absolute Gasteiger partial charge is 0.466 e. The van der Waals surface area contributed by atoms with Gasteiger partial charge in [0.1, 0.15) is 0 Å². The number of likely N-dealkylation sites (tertiary alicyclic amines) is 1. The van der Waals surface area contributed by atoms with Crippen LogP contribution in [0, 0.1) is 5.92 Å². The molecule has 1 aliphatic heterocycles. The van der Waals surface area contributed by atoms with Gasteiger partial charge in [-0.2, -0.15) is 23.0 Å². The van der Waals surface area contributed by atoms with Crippen LogP contribution in [-0.4, -0.2) is 50.8 Å². The minimum atomic E-state index is -4.55. The summed E-state index contributed by atoms with van der Waals surface area (Å²) in [5.74, 6) is -1.80. The number of halogens is 4. The lowest BCUT2D eigenvalue weighted by Crippen LogP contribution is -2.49. The standard InChI is InChI=1S/C26H24ClF3N4O5/c1-2-39-24(37)17-4-3-13-32(15-17)22(35)21-23(36)33(14-16-5-7-18(8-6-16)26(28,29)30)25(38)34(31-21)20-11-9-19(27)10-12-20/h5-12,17H,2-4,13-15H2,1H3/t17-/m1/s1. The summed E-state index contributed by atoms with van der Waals surface area (Å²) in [7, 11) is 0. The quantitative estimate of drug-likeness (QED) is 0.424. The lowest BCUT2D eigenvalue weighted by Gasteiger charge is -2.31. The number of nitrogens with zero attached hydrogens (tertiary/aromatic N) is 4. The van der Waals surface area contributed by atoms with Gasteiger partial charge in [0.05, 0.1) is 30.3 Å². The van der Waals surface area contributed by atoms with Gasteiger partial charge in [-0.15, -0.1) is 0 Å². The van der Waals surface area contributed by atoms with Crippen molar-refractivity contribution in [1.82, 2.24) is 19.2 Å². The van der Waals surface area contributed by atoms with Crippen molar-refractivity contribution in [1.29, 1.82) is 0 Å². The number of piperidine rings is 1. The predicted octanol–water partition coefficient (Wildman–Crippen LogP) is 3.53. The number of amides is 1. The summed E-state index contributed by atoms with van der Waals surface area (Å²) in [6, 6.07) is 9.91. The number of hydrogen-bond acceptors (Lipinski definition) is 6. The number of hydrogen-bond donors (Lipinski definition) is 0. The van der Waals surface area contributed by atoms with Crippen LogP contribution in [0.25, 0.3) is 5.69 Å². The van der Waals surface area contributed by atoms with Gasteiger partial charge in [0.25, 0.3) is 11.5 Å². The highest BCUT2D eigenvalue weighted by Crippen LogP contribution is 2.29. The van der Waals surface area contributed by atoms with Gasteiger partial charge < -0.3 is 9.64 Å². The Kier molecular flexibility index (Phi) is 8.24. The third-order valence-electron chi connectivity index (χ3n) is 6.28. The molecular formula is C26H24ClF3N4O5. The van der Waals surface area contributed by atoms with E-state index in [1.807, 2.05) is 0 Å². The molecule has 0 N–H and O–H groups in total. The maximum absolute atomic E-state index is 13.5. The summed E-state index contributed by atoms with van der Waals surface area (Å²) in [5.41, 5.74) is -2.92. The van der Waals surface area contributed by atoms with E-state index in [9.17, 15) is 32.3 Å². The second kappa shape index (κ2) is 11.4. The molecule has 0 saturated carbocycles. The van der Waals surface area contributed by atoms with Crippen molar-refractivity contribution in [2.24, 2.45) is 5.92 Å². The summed E-state index contributed by atoms with van der Waals surface area (Å²) < 4.78 is 45.6. The van der Waals surface area contributed by atoms with Crippen LogP contribution in [0.15, 0.2) is 58.1 Å².